The number of rotatable bonds is 2. The van der Waals surface area contributed by atoms with Crippen LogP contribution in [-0.4, -0.2) is 48.1 Å². The van der Waals surface area contributed by atoms with Crippen LogP contribution in [-0.2, 0) is 16.0 Å². The number of ether oxygens (including phenoxy) is 2. The summed E-state index contributed by atoms with van der Waals surface area (Å²) in [6, 6.07) is 0. The predicted octanol–water partition coefficient (Wildman–Crippen LogP) is 0.278. The minimum atomic E-state index is -0.0955. The van der Waals surface area contributed by atoms with Crippen LogP contribution in [0.25, 0.3) is 0 Å². The Morgan fingerprint density at radius 2 is 2.53 bits per heavy atom. The molecule has 0 bridgehead atoms. The van der Waals surface area contributed by atoms with Gasteiger partial charge >= 0.3 is 0 Å². The standard InChI is InChI=1S/C12H19N3O2/c1-3-15(10-14-1)6-11-5-12(17-7-11)8-13-2-4-16-9-12/h1,3,10-11,13H,2,4-9H2/t11-,12+/m1/s1. The Morgan fingerprint density at radius 1 is 1.53 bits per heavy atom. The number of hydrogen-bond donors (Lipinski definition) is 1. The van der Waals surface area contributed by atoms with Crippen molar-refractivity contribution < 1.29 is 9.47 Å². The normalized spacial score (nSPS) is 34.0. The molecule has 0 aromatic carbocycles. The summed E-state index contributed by atoms with van der Waals surface area (Å²) in [5, 5.41) is 3.39. The molecule has 2 aliphatic rings. The molecule has 2 saturated heterocycles. The first-order chi connectivity index (χ1) is 8.36. The van der Waals surface area contributed by atoms with E-state index in [1.54, 1.807) is 0 Å². The van der Waals surface area contributed by atoms with E-state index in [0.717, 1.165) is 45.9 Å². The molecule has 1 N–H and O–H groups in total. The first-order valence-electron chi connectivity index (χ1n) is 6.25. The first kappa shape index (κ1) is 11.2. The van der Waals surface area contributed by atoms with E-state index in [2.05, 4.69) is 14.9 Å². The van der Waals surface area contributed by atoms with Crippen LogP contribution >= 0.6 is 0 Å². The lowest BCUT2D eigenvalue weighted by Crippen LogP contribution is -2.41. The van der Waals surface area contributed by atoms with Gasteiger partial charge in [0.1, 0.15) is 5.60 Å². The second-order valence-electron chi connectivity index (χ2n) is 5.05. The molecule has 0 saturated carbocycles. The zero-order chi connectivity index (χ0) is 11.6. The second-order valence-corrected chi connectivity index (χ2v) is 5.05. The molecule has 94 valence electrons. The van der Waals surface area contributed by atoms with E-state index in [9.17, 15) is 0 Å². The molecule has 5 nitrogen and oxygen atoms in total. The van der Waals surface area contributed by atoms with Gasteiger partial charge in [-0.3, -0.25) is 0 Å². The van der Waals surface area contributed by atoms with Crippen LogP contribution in [0, 0.1) is 5.92 Å². The van der Waals surface area contributed by atoms with E-state index in [0.29, 0.717) is 5.92 Å². The molecular formula is C12H19N3O2. The maximum atomic E-state index is 6.00. The van der Waals surface area contributed by atoms with Gasteiger partial charge in [-0.05, 0) is 6.42 Å². The number of nitrogens with one attached hydrogen (secondary N) is 1. The van der Waals surface area contributed by atoms with E-state index in [1.807, 2.05) is 18.7 Å². The highest BCUT2D eigenvalue weighted by molar-refractivity contribution is 4.93. The largest absolute Gasteiger partial charge is 0.377 e. The SMILES string of the molecule is c1cn(C[C@@H]2CO[C@]3(CNCCOC3)C2)cn1. The molecule has 3 rings (SSSR count). The van der Waals surface area contributed by atoms with Crippen molar-refractivity contribution in [1.29, 1.82) is 0 Å². The molecule has 1 aromatic heterocycles. The number of imidazole rings is 1. The molecule has 3 heterocycles. The Morgan fingerprint density at radius 3 is 3.41 bits per heavy atom. The Bertz CT molecular complexity index is 345. The topological polar surface area (TPSA) is 48.3 Å². The zero-order valence-corrected chi connectivity index (χ0v) is 9.97. The fraction of sp³-hybridized carbons (Fsp3) is 0.750. The van der Waals surface area contributed by atoms with E-state index in [1.165, 1.54) is 0 Å². The van der Waals surface area contributed by atoms with Gasteiger partial charge in [0, 0.05) is 37.9 Å². The summed E-state index contributed by atoms with van der Waals surface area (Å²) in [5.41, 5.74) is -0.0955. The second kappa shape index (κ2) is 4.76. The Balaban J connectivity index is 1.60. The zero-order valence-electron chi connectivity index (χ0n) is 9.97. The van der Waals surface area contributed by atoms with Crippen molar-refractivity contribution >= 4 is 0 Å². The van der Waals surface area contributed by atoms with Gasteiger partial charge in [0.15, 0.2) is 0 Å². The van der Waals surface area contributed by atoms with Gasteiger partial charge in [0.05, 0.1) is 26.1 Å². The van der Waals surface area contributed by atoms with E-state index >= 15 is 0 Å². The number of nitrogens with zero attached hydrogens (tertiary/aromatic N) is 2. The van der Waals surface area contributed by atoms with Crippen molar-refractivity contribution in [2.75, 3.05) is 32.9 Å². The fourth-order valence-electron chi connectivity index (χ4n) is 2.74. The third-order valence-electron chi connectivity index (χ3n) is 3.55. The molecule has 2 atom stereocenters. The Hall–Kier alpha value is -0.910. The van der Waals surface area contributed by atoms with Crippen LogP contribution < -0.4 is 5.32 Å². The highest BCUT2D eigenvalue weighted by Gasteiger charge is 2.41. The van der Waals surface area contributed by atoms with Gasteiger partial charge < -0.3 is 19.4 Å². The summed E-state index contributed by atoms with van der Waals surface area (Å²) < 4.78 is 13.7. The van der Waals surface area contributed by atoms with Crippen LogP contribution in [0.15, 0.2) is 18.7 Å². The molecular weight excluding hydrogens is 218 g/mol. The van der Waals surface area contributed by atoms with Crippen molar-refractivity contribution in [2.24, 2.45) is 5.92 Å². The highest BCUT2D eigenvalue weighted by atomic mass is 16.5. The minimum Gasteiger partial charge on any atom is -0.377 e. The average molecular weight is 237 g/mol. The van der Waals surface area contributed by atoms with E-state index in [4.69, 9.17) is 9.47 Å². The highest BCUT2D eigenvalue weighted by Crippen LogP contribution is 2.31. The monoisotopic (exact) mass is 237 g/mol. The maximum Gasteiger partial charge on any atom is 0.104 e. The molecule has 1 aromatic rings. The van der Waals surface area contributed by atoms with Crippen LogP contribution in [0.5, 0.6) is 0 Å². The van der Waals surface area contributed by atoms with Gasteiger partial charge in [-0.1, -0.05) is 0 Å². The van der Waals surface area contributed by atoms with Crippen molar-refractivity contribution in [3.05, 3.63) is 18.7 Å². The summed E-state index contributed by atoms with van der Waals surface area (Å²) in [6.07, 6.45) is 6.76. The lowest BCUT2D eigenvalue weighted by Gasteiger charge is -2.25. The van der Waals surface area contributed by atoms with Gasteiger partial charge in [-0.15, -0.1) is 0 Å². The average Bonchev–Trinajstić information content (AvgIpc) is 2.89. The van der Waals surface area contributed by atoms with E-state index < -0.39 is 0 Å². The van der Waals surface area contributed by atoms with Gasteiger partial charge in [-0.25, -0.2) is 4.98 Å². The molecule has 5 heteroatoms. The molecule has 2 fully saturated rings. The smallest absolute Gasteiger partial charge is 0.104 e. The summed E-state index contributed by atoms with van der Waals surface area (Å²) in [7, 11) is 0. The van der Waals surface area contributed by atoms with Gasteiger partial charge in [-0.2, -0.15) is 0 Å². The molecule has 17 heavy (non-hydrogen) atoms. The molecule has 0 radical (unpaired) electrons. The summed E-state index contributed by atoms with van der Waals surface area (Å²) in [4.78, 5) is 4.07. The van der Waals surface area contributed by atoms with Crippen molar-refractivity contribution in [3.63, 3.8) is 0 Å². The summed E-state index contributed by atoms with van der Waals surface area (Å²) >= 11 is 0. The van der Waals surface area contributed by atoms with Crippen LogP contribution in [0.3, 0.4) is 0 Å². The van der Waals surface area contributed by atoms with Crippen LogP contribution in [0.4, 0.5) is 0 Å². The Labute approximate surface area is 101 Å². The lowest BCUT2D eigenvalue weighted by molar-refractivity contribution is -0.0472. The molecule has 1 spiro atoms. The molecule has 0 amide bonds. The first-order valence-corrected chi connectivity index (χ1v) is 6.25. The third-order valence-corrected chi connectivity index (χ3v) is 3.55. The van der Waals surface area contributed by atoms with Crippen LogP contribution in [0.1, 0.15) is 6.42 Å². The van der Waals surface area contributed by atoms with Crippen LogP contribution in [0.2, 0.25) is 0 Å². The number of aromatic nitrogens is 2. The van der Waals surface area contributed by atoms with Crippen molar-refractivity contribution in [2.45, 2.75) is 18.6 Å². The van der Waals surface area contributed by atoms with Crippen molar-refractivity contribution in [1.82, 2.24) is 14.9 Å². The molecule has 2 aliphatic heterocycles. The summed E-state index contributed by atoms with van der Waals surface area (Å²) in [5.74, 6) is 0.563. The summed E-state index contributed by atoms with van der Waals surface area (Å²) in [6.45, 7) is 5.16. The van der Waals surface area contributed by atoms with Gasteiger partial charge in [0.2, 0.25) is 0 Å². The minimum absolute atomic E-state index is 0.0955. The third kappa shape index (κ3) is 2.51. The fourth-order valence-corrected chi connectivity index (χ4v) is 2.74. The van der Waals surface area contributed by atoms with Gasteiger partial charge in [0.25, 0.3) is 0 Å². The lowest BCUT2D eigenvalue weighted by atomic mass is 9.94. The predicted molar refractivity (Wildman–Crippen MR) is 62.7 cm³/mol. The number of hydrogen-bond acceptors (Lipinski definition) is 4. The Kier molecular flexibility index (Phi) is 3.13. The van der Waals surface area contributed by atoms with Crippen molar-refractivity contribution in [3.8, 4) is 0 Å². The molecule has 0 aliphatic carbocycles. The maximum absolute atomic E-state index is 6.00. The van der Waals surface area contributed by atoms with E-state index in [-0.39, 0.29) is 5.60 Å². The molecule has 0 unspecified atom stereocenters. The quantitative estimate of drug-likeness (QED) is 0.802.